The van der Waals surface area contributed by atoms with E-state index in [1.54, 1.807) is 43.3 Å². The lowest BCUT2D eigenvalue weighted by atomic mass is 10.1. The van der Waals surface area contributed by atoms with Crippen molar-refractivity contribution in [1.82, 2.24) is 5.32 Å². The molecule has 0 bridgehead atoms. The van der Waals surface area contributed by atoms with Crippen molar-refractivity contribution in [3.05, 3.63) is 53.6 Å². The van der Waals surface area contributed by atoms with Crippen molar-refractivity contribution in [2.24, 2.45) is 0 Å². The summed E-state index contributed by atoms with van der Waals surface area (Å²) in [5.41, 5.74) is 2.11. The van der Waals surface area contributed by atoms with Crippen LogP contribution < -0.4 is 20.1 Å². The van der Waals surface area contributed by atoms with E-state index in [-0.39, 0.29) is 24.8 Å². The number of nitrogens with one attached hydrogen (secondary N) is 2. The molecule has 2 aromatic rings. The summed E-state index contributed by atoms with van der Waals surface area (Å²) in [5, 5.41) is 5.20. The SMILES string of the molecule is CCC(=O)c1ccc(OCC(=O)NCC(=O)Nc2cc(C)ccc2OC)cc1. The highest BCUT2D eigenvalue weighted by molar-refractivity contribution is 5.96. The van der Waals surface area contributed by atoms with Crippen LogP contribution in [0.1, 0.15) is 29.3 Å². The van der Waals surface area contributed by atoms with E-state index in [2.05, 4.69) is 10.6 Å². The summed E-state index contributed by atoms with van der Waals surface area (Å²) in [7, 11) is 1.52. The minimum absolute atomic E-state index is 0.0422. The first-order chi connectivity index (χ1) is 13.4. The van der Waals surface area contributed by atoms with Crippen molar-refractivity contribution in [2.75, 3.05) is 25.6 Å². The van der Waals surface area contributed by atoms with E-state index in [9.17, 15) is 14.4 Å². The van der Waals surface area contributed by atoms with E-state index in [0.29, 0.717) is 29.2 Å². The van der Waals surface area contributed by atoms with E-state index < -0.39 is 5.91 Å². The van der Waals surface area contributed by atoms with Gasteiger partial charge in [0.25, 0.3) is 5.91 Å². The van der Waals surface area contributed by atoms with Crippen molar-refractivity contribution in [1.29, 1.82) is 0 Å². The lowest BCUT2D eigenvalue weighted by Crippen LogP contribution is -2.35. The number of hydrogen-bond acceptors (Lipinski definition) is 5. The van der Waals surface area contributed by atoms with Crippen molar-refractivity contribution in [2.45, 2.75) is 20.3 Å². The van der Waals surface area contributed by atoms with Gasteiger partial charge in [-0.2, -0.15) is 0 Å². The standard InChI is InChI=1S/C21H24N2O5/c1-4-18(24)15-6-8-16(9-7-15)28-13-21(26)22-12-20(25)23-17-11-14(2)5-10-19(17)27-3/h5-11H,4,12-13H2,1-3H3,(H,22,26)(H,23,25). The Labute approximate surface area is 164 Å². The number of aryl methyl sites for hydroxylation is 1. The average Bonchev–Trinajstić information content (AvgIpc) is 2.70. The van der Waals surface area contributed by atoms with Crippen LogP contribution in [-0.2, 0) is 9.59 Å². The quantitative estimate of drug-likeness (QED) is 0.649. The van der Waals surface area contributed by atoms with Crippen LogP contribution in [0.3, 0.4) is 0 Å². The fraction of sp³-hybridized carbons (Fsp3) is 0.286. The Hall–Kier alpha value is -3.35. The molecular formula is C21H24N2O5. The molecule has 0 atom stereocenters. The molecule has 7 heteroatoms. The first-order valence-electron chi connectivity index (χ1n) is 8.90. The first kappa shape index (κ1) is 21.0. The molecule has 0 aliphatic rings. The maximum atomic E-state index is 12.0. The van der Waals surface area contributed by atoms with E-state index in [1.807, 2.05) is 13.0 Å². The number of amides is 2. The Morgan fingerprint density at radius 2 is 1.71 bits per heavy atom. The summed E-state index contributed by atoms with van der Waals surface area (Å²) in [4.78, 5) is 35.5. The third-order valence-corrected chi connectivity index (χ3v) is 3.94. The van der Waals surface area contributed by atoms with Gasteiger partial charge in [0.15, 0.2) is 12.4 Å². The largest absolute Gasteiger partial charge is 0.495 e. The molecule has 0 aromatic heterocycles. The highest BCUT2D eigenvalue weighted by atomic mass is 16.5. The lowest BCUT2D eigenvalue weighted by Gasteiger charge is -2.12. The van der Waals surface area contributed by atoms with Gasteiger partial charge in [-0.25, -0.2) is 0 Å². The molecule has 2 N–H and O–H groups in total. The van der Waals surface area contributed by atoms with Crippen LogP contribution in [-0.4, -0.2) is 37.9 Å². The maximum absolute atomic E-state index is 12.0. The number of carbonyl (C=O) groups is 3. The molecule has 0 aliphatic carbocycles. The van der Waals surface area contributed by atoms with Gasteiger partial charge in [-0.15, -0.1) is 0 Å². The molecule has 0 unspecified atom stereocenters. The van der Waals surface area contributed by atoms with E-state index in [4.69, 9.17) is 9.47 Å². The number of carbonyl (C=O) groups excluding carboxylic acids is 3. The van der Waals surface area contributed by atoms with E-state index in [0.717, 1.165) is 5.56 Å². The van der Waals surface area contributed by atoms with Crippen LogP contribution >= 0.6 is 0 Å². The van der Waals surface area contributed by atoms with Crippen LogP contribution in [0.15, 0.2) is 42.5 Å². The van der Waals surface area contributed by atoms with Crippen LogP contribution in [0.5, 0.6) is 11.5 Å². The summed E-state index contributed by atoms with van der Waals surface area (Å²) in [6.45, 7) is 3.27. The van der Waals surface area contributed by atoms with Crippen LogP contribution in [0.2, 0.25) is 0 Å². The van der Waals surface area contributed by atoms with Gasteiger partial charge in [-0.3, -0.25) is 14.4 Å². The van der Waals surface area contributed by atoms with Crippen molar-refractivity contribution in [3.63, 3.8) is 0 Å². The molecule has 0 aliphatic heterocycles. The molecule has 0 heterocycles. The molecule has 0 radical (unpaired) electrons. The molecule has 2 aromatic carbocycles. The molecular weight excluding hydrogens is 360 g/mol. The minimum atomic E-state index is -0.430. The minimum Gasteiger partial charge on any atom is -0.495 e. The zero-order valence-corrected chi connectivity index (χ0v) is 16.2. The first-order valence-corrected chi connectivity index (χ1v) is 8.90. The number of methoxy groups -OCH3 is 1. The molecule has 2 rings (SSSR count). The third kappa shape index (κ3) is 6.12. The van der Waals surface area contributed by atoms with Crippen molar-refractivity contribution >= 4 is 23.3 Å². The predicted molar refractivity (Wildman–Crippen MR) is 106 cm³/mol. The predicted octanol–water partition coefficient (Wildman–Crippen LogP) is 2.73. The zero-order chi connectivity index (χ0) is 20.5. The lowest BCUT2D eigenvalue weighted by molar-refractivity contribution is -0.125. The number of benzene rings is 2. The Bertz CT molecular complexity index is 846. The third-order valence-electron chi connectivity index (χ3n) is 3.94. The Kier molecular flexibility index (Phi) is 7.56. The summed E-state index contributed by atoms with van der Waals surface area (Å²) in [6.07, 6.45) is 0.430. The van der Waals surface area contributed by atoms with Crippen molar-refractivity contribution in [3.8, 4) is 11.5 Å². The van der Waals surface area contributed by atoms with Gasteiger partial charge in [0.1, 0.15) is 11.5 Å². The van der Waals surface area contributed by atoms with Gasteiger partial charge in [0, 0.05) is 12.0 Å². The summed E-state index contributed by atoms with van der Waals surface area (Å²) < 4.78 is 10.6. The molecule has 148 valence electrons. The topological polar surface area (TPSA) is 93.7 Å². The fourth-order valence-electron chi connectivity index (χ4n) is 2.43. The van der Waals surface area contributed by atoms with Gasteiger partial charge in [-0.1, -0.05) is 13.0 Å². The molecule has 2 amide bonds. The van der Waals surface area contributed by atoms with Crippen molar-refractivity contribution < 1.29 is 23.9 Å². The second-order valence-corrected chi connectivity index (χ2v) is 6.12. The molecule has 28 heavy (non-hydrogen) atoms. The highest BCUT2D eigenvalue weighted by Gasteiger charge is 2.10. The maximum Gasteiger partial charge on any atom is 0.258 e. The highest BCUT2D eigenvalue weighted by Crippen LogP contribution is 2.24. The number of anilines is 1. The fourth-order valence-corrected chi connectivity index (χ4v) is 2.43. The van der Waals surface area contributed by atoms with Gasteiger partial charge in [0.2, 0.25) is 5.91 Å². The van der Waals surface area contributed by atoms with Gasteiger partial charge >= 0.3 is 0 Å². The molecule has 0 saturated heterocycles. The Morgan fingerprint density at radius 3 is 2.36 bits per heavy atom. The molecule has 0 fully saturated rings. The number of ether oxygens (including phenoxy) is 2. The summed E-state index contributed by atoms with van der Waals surface area (Å²) in [6, 6.07) is 12.0. The zero-order valence-electron chi connectivity index (χ0n) is 16.2. The molecule has 7 nitrogen and oxygen atoms in total. The second-order valence-electron chi connectivity index (χ2n) is 6.12. The van der Waals surface area contributed by atoms with Crippen LogP contribution in [0.4, 0.5) is 5.69 Å². The number of rotatable bonds is 9. The summed E-state index contributed by atoms with van der Waals surface area (Å²) in [5.74, 6) is 0.246. The summed E-state index contributed by atoms with van der Waals surface area (Å²) >= 11 is 0. The smallest absolute Gasteiger partial charge is 0.258 e. The van der Waals surface area contributed by atoms with E-state index >= 15 is 0 Å². The number of ketones is 1. The number of Topliss-reactive ketones (excluding diaryl/α,β-unsaturated/α-hetero) is 1. The van der Waals surface area contributed by atoms with Crippen LogP contribution in [0.25, 0.3) is 0 Å². The molecule has 0 saturated carbocycles. The van der Waals surface area contributed by atoms with Gasteiger partial charge in [0.05, 0.1) is 19.3 Å². The Morgan fingerprint density at radius 1 is 1.00 bits per heavy atom. The van der Waals surface area contributed by atoms with E-state index in [1.165, 1.54) is 7.11 Å². The monoisotopic (exact) mass is 384 g/mol. The normalized spacial score (nSPS) is 10.1. The average molecular weight is 384 g/mol. The molecule has 0 spiro atoms. The van der Waals surface area contributed by atoms with Gasteiger partial charge in [-0.05, 0) is 48.9 Å². The van der Waals surface area contributed by atoms with Gasteiger partial charge < -0.3 is 20.1 Å². The van der Waals surface area contributed by atoms with Crippen LogP contribution in [0, 0.1) is 6.92 Å². The second kappa shape index (κ2) is 10.1. The Balaban J connectivity index is 1.78. The number of hydrogen-bond donors (Lipinski definition) is 2.